The van der Waals surface area contributed by atoms with Crippen LogP contribution in [0.2, 0.25) is 0 Å². The first-order valence-corrected chi connectivity index (χ1v) is 10.1. The van der Waals surface area contributed by atoms with E-state index >= 15 is 0 Å². The van der Waals surface area contributed by atoms with Gasteiger partial charge in [0.2, 0.25) is 0 Å². The average molecular weight is 386 g/mol. The highest BCUT2D eigenvalue weighted by molar-refractivity contribution is 5.31. The van der Waals surface area contributed by atoms with Crippen molar-refractivity contribution < 1.29 is 22.3 Å². The van der Waals surface area contributed by atoms with Crippen LogP contribution in [0.15, 0.2) is 24.3 Å². The van der Waals surface area contributed by atoms with Gasteiger partial charge in [-0.2, -0.15) is 8.78 Å². The number of rotatable bonds is 10. The molecule has 1 fully saturated rings. The van der Waals surface area contributed by atoms with Gasteiger partial charge < -0.3 is 4.74 Å². The summed E-state index contributed by atoms with van der Waals surface area (Å²) in [6.07, 6.45) is 15.5. The molecule has 1 saturated carbocycles. The molecule has 1 aliphatic carbocycles. The molecule has 0 N–H and O–H groups in total. The molecule has 1 aromatic carbocycles. The van der Waals surface area contributed by atoms with Crippen molar-refractivity contribution in [3.05, 3.63) is 41.5 Å². The number of aryl methyl sites for hydroxylation is 1. The van der Waals surface area contributed by atoms with E-state index in [-0.39, 0.29) is 0 Å². The number of benzene rings is 1. The fourth-order valence-electron chi connectivity index (χ4n) is 3.87. The summed E-state index contributed by atoms with van der Waals surface area (Å²) in [5.74, 6) is -1.77. The molecule has 2 rings (SSSR count). The monoisotopic (exact) mass is 386 g/mol. The van der Waals surface area contributed by atoms with E-state index in [0.29, 0.717) is 17.9 Å². The van der Waals surface area contributed by atoms with Gasteiger partial charge in [-0.25, -0.2) is 8.78 Å². The fourth-order valence-corrected chi connectivity index (χ4v) is 3.87. The smallest absolute Gasteiger partial charge is 0.387 e. The van der Waals surface area contributed by atoms with E-state index < -0.39 is 24.0 Å². The van der Waals surface area contributed by atoms with Gasteiger partial charge in [-0.05, 0) is 61.6 Å². The van der Waals surface area contributed by atoms with E-state index in [2.05, 4.69) is 23.8 Å². The Morgan fingerprint density at radius 2 is 1.52 bits per heavy atom. The first-order valence-electron chi connectivity index (χ1n) is 10.1. The second kappa shape index (κ2) is 11.4. The van der Waals surface area contributed by atoms with Crippen molar-refractivity contribution in [2.45, 2.75) is 77.7 Å². The van der Waals surface area contributed by atoms with Crippen molar-refractivity contribution in [2.75, 3.05) is 0 Å². The van der Waals surface area contributed by atoms with Crippen LogP contribution in [0.4, 0.5) is 17.6 Å². The average Bonchev–Trinajstić information content (AvgIpc) is 2.63. The third-order valence-corrected chi connectivity index (χ3v) is 5.44. The lowest BCUT2D eigenvalue weighted by Crippen LogP contribution is -2.15. The third-order valence-electron chi connectivity index (χ3n) is 5.44. The number of unbranched alkanes of at least 4 members (excludes halogenated alkanes) is 1. The van der Waals surface area contributed by atoms with E-state index in [4.69, 9.17) is 0 Å². The van der Waals surface area contributed by atoms with Gasteiger partial charge in [-0.15, -0.1) is 0 Å². The summed E-state index contributed by atoms with van der Waals surface area (Å²) in [5.41, 5.74) is 0.495. The van der Waals surface area contributed by atoms with Crippen LogP contribution in [0.5, 0.6) is 5.75 Å². The molecule has 0 aliphatic heterocycles. The highest BCUT2D eigenvalue weighted by Gasteiger charge is 2.21. The second-order valence-electron chi connectivity index (χ2n) is 7.53. The maximum atomic E-state index is 13.8. The molecule has 27 heavy (non-hydrogen) atoms. The molecule has 0 radical (unpaired) electrons. The molecular weight excluding hydrogens is 356 g/mol. The van der Waals surface area contributed by atoms with Gasteiger partial charge >= 0.3 is 6.61 Å². The first-order chi connectivity index (χ1) is 13.0. The standard InChI is InChI=1S/C22H30F4O/c1-2-3-4-5-6-7-16-8-10-17(11-9-16)12-13-18-14-19(23)21(20(24)15-18)27-22(25)26/h4-5,14-17,22H,2-3,6-13H2,1H3/b5-4+/t16-,17-. The topological polar surface area (TPSA) is 9.23 Å². The summed E-state index contributed by atoms with van der Waals surface area (Å²) in [6.45, 7) is -1.06. The molecule has 0 unspecified atom stereocenters. The molecule has 5 heteroatoms. The van der Waals surface area contributed by atoms with Gasteiger partial charge in [0.1, 0.15) is 0 Å². The minimum absolute atomic E-state index is 0.495. The van der Waals surface area contributed by atoms with Crippen molar-refractivity contribution in [1.82, 2.24) is 0 Å². The van der Waals surface area contributed by atoms with Gasteiger partial charge in [0.15, 0.2) is 17.4 Å². The first kappa shape index (κ1) is 21.8. The molecule has 0 saturated heterocycles. The van der Waals surface area contributed by atoms with Crippen molar-refractivity contribution >= 4 is 0 Å². The van der Waals surface area contributed by atoms with Crippen LogP contribution in [0.3, 0.4) is 0 Å². The molecule has 1 aromatic rings. The summed E-state index contributed by atoms with van der Waals surface area (Å²) < 4.78 is 55.8. The number of hydrogen-bond donors (Lipinski definition) is 0. The van der Waals surface area contributed by atoms with E-state index in [1.165, 1.54) is 25.7 Å². The zero-order valence-corrected chi connectivity index (χ0v) is 16.0. The Morgan fingerprint density at radius 3 is 2.07 bits per heavy atom. The van der Waals surface area contributed by atoms with Gasteiger partial charge in [-0.3, -0.25) is 0 Å². The Bertz CT molecular complexity index is 569. The van der Waals surface area contributed by atoms with Crippen molar-refractivity contribution in [3.63, 3.8) is 0 Å². The number of alkyl halides is 2. The van der Waals surface area contributed by atoms with Gasteiger partial charge in [0, 0.05) is 0 Å². The number of allylic oxidation sites excluding steroid dienone is 2. The molecule has 0 atom stereocenters. The lowest BCUT2D eigenvalue weighted by molar-refractivity contribution is -0.0546. The predicted octanol–water partition coefficient (Wildman–Crippen LogP) is 7.44. The van der Waals surface area contributed by atoms with Gasteiger partial charge in [-0.1, -0.05) is 51.2 Å². The van der Waals surface area contributed by atoms with Gasteiger partial charge in [0.25, 0.3) is 0 Å². The summed E-state index contributed by atoms with van der Waals surface area (Å²) in [5, 5.41) is 0. The molecule has 1 aliphatic rings. The SMILES string of the molecule is CCC/C=C/CC[C@H]1CC[C@H](CCc2cc(F)c(OC(F)F)c(F)c2)CC1. The number of halogens is 4. The van der Waals surface area contributed by atoms with Crippen molar-refractivity contribution in [2.24, 2.45) is 11.8 Å². The molecule has 0 heterocycles. The minimum Gasteiger partial charge on any atom is -0.429 e. The van der Waals surface area contributed by atoms with Crippen LogP contribution in [0.25, 0.3) is 0 Å². The summed E-state index contributed by atoms with van der Waals surface area (Å²) in [4.78, 5) is 0. The van der Waals surface area contributed by atoms with Crippen LogP contribution in [0, 0.1) is 23.5 Å². The zero-order valence-electron chi connectivity index (χ0n) is 16.0. The predicted molar refractivity (Wildman–Crippen MR) is 100 cm³/mol. The summed E-state index contributed by atoms with van der Waals surface area (Å²) in [7, 11) is 0. The van der Waals surface area contributed by atoms with Crippen LogP contribution < -0.4 is 4.74 Å². The maximum Gasteiger partial charge on any atom is 0.387 e. The highest BCUT2D eigenvalue weighted by Crippen LogP contribution is 2.34. The Balaban J connectivity index is 1.73. The quantitative estimate of drug-likeness (QED) is 0.300. The summed E-state index contributed by atoms with van der Waals surface area (Å²) in [6, 6.07) is 2.21. The lowest BCUT2D eigenvalue weighted by Gasteiger charge is -2.28. The zero-order chi connectivity index (χ0) is 19.6. The van der Waals surface area contributed by atoms with E-state index in [0.717, 1.165) is 50.2 Å². The largest absolute Gasteiger partial charge is 0.429 e. The van der Waals surface area contributed by atoms with Crippen molar-refractivity contribution in [3.8, 4) is 5.75 Å². The maximum absolute atomic E-state index is 13.8. The molecule has 0 bridgehead atoms. The Hall–Kier alpha value is -1.52. The van der Waals surface area contributed by atoms with E-state index in [1.807, 2.05) is 0 Å². The normalized spacial score (nSPS) is 20.5. The Kier molecular flexibility index (Phi) is 9.16. The molecule has 152 valence electrons. The lowest BCUT2D eigenvalue weighted by atomic mass is 9.78. The molecular formula is C22H30F4O. The minimum atomic E-state index is -3.24. The fraction of sp³-hybridized carbons (Fsp3) is 0.636. The summed E-state index contributed by atoms with van der Waals surface area (Å²) >= 11 is 0. The number of hydrogen-bond acceptors (Lipinski definition) is 1. The second-order valence-corrected chi connectivity index (χ2v) is 7.53. The van der Waals surface area contributed by atoms with Crippen LogP contribution in [-0.2, 0) is 6.42 Å². The third kappa shape index (κ3) is 7.55. The number of ether oxygens (including phenoxy) is 1. The molecule has 0 aromatic heterocycles. The van der Waals surface area contributed by atoms with Gasteiger partial charge in [0.05, 0.1) is 0 Å². The van der Waals surface area contributed by atoms with E-state index in [1.54, 1.807) is 0 Å². The molecule has 1 nitrogen and oxygen atoms in total. The molecule has 0 amide bonds. The van der Waals surface area contributed by atoms with Crippen LogP contribution in [0.1, 0.15) is 70.3 Å². The van der Waals surface area contributed by atoms with Crippen molar-refractivity contribution in [1.29, 1.82) is 0 Å². The Labute approximate surface area is 159 Å². The van der Waals surface area contributed by atoms with E-state index in [9.17, 15) is 17.6 Å². The Morgan fingerprint density at radius 1 is 0.963 bits per heavy atom. The molecule has 0 spiro atoms. The van der Waals surface area contributed by atoms with Crippen LogP contribution in [-0.4, -0.2) is 6.61 Å². The highest BCUT2D eigenvalue weighted by atomic mass is 19.3. The van der Waals surface area contributed by atoms with Crippen LogP contribution >= 0.6 is 0 Å².